The lowest BCUT2D eigenvalue weighted by molar-refractivity contribution is 0.288. The minimum Gasteiger partial charge on any atom is -0.351 e. The summed E-state index contributed by atoms with van der Waals surface area (Å²) in [7, 11) is 2.10. The average molecular weight is 443 g/mol. The number of aromatic nitrogens is 4. The van der Waals surface area contributed by atoms with Crippen molar-refractivity contribution in [3.8, 4) is 0 Å². The van der Waals surface area contributed by atoms with Crippen molar-refractivity contribution in [1.29, 1.82) is 0 Å². The number of hydrogen-bond acceptors (Lipinski definition) is 7. The fourth-order valence-corrected chi connectivity index (χ4v) is 3.91. The van der Waals surface area contributed by atoms with Gasteiger partial charge >= 0.3 is 0 Å². The molecule has 1 atom stereocenters. The molecule has 0 N–H and O–H groups in total. The maximum atomic E-state index is 5.43. The van der Waals surface area contributed by atoms with E-state index in [0.717, 1.165) is 41.2 Å². The van der Waals surface area contributed by atoms with Crippen molar-refractivity contribution < 1.29 is 4.52 Å². The number of rotatable bonds is 7. The predicted molar refractivity (Wildman–Crippen MR) is 110 cm³/mol. The molecular weight excluding hydrogens is 420 g/mol. The van der Waals surface area contributed by atoms with Crippen LogP contribution in [0.1, 0.15) is 30.1 Å². The molecule has 1 fully saturated rings. The summed E-state index contributed by atoms with van der Waals surface area (Å²) >= 11 is 3.45. The van der Waals surface area contributed by atoms with Crippen molar-refractivity contribution in [2.24, 2.45) is 0 Å². The van der Waals surface area contributed by atoms with Gasteiger partial charge in [0.2, 0.25) is 5.89 Å². The van der Waals surface area contributed by atoms with Crippen LogP contribution in [0.25, 0.3) is 0 Å². The van der Waals surface area contributed by atoms with E-state index in [1.54, 1.807) is 6.20 Å². The summed E-state index contributed by atoms with van der Waals surface area (Å²) in [6.07, 6.45) is 4.69. The highest BCUT2D eigenvalue weighted by Crippen LogP contribution is 2.23. The van der Waals surface area contributed by atoms with Crippen LogP contribution in [-0.2, 0) is 13.0 Å². The van der Waals surface area contributed by atoms with Crippen LogP contribution in [-0.4, -0.2) is 51.4 Å². The molecule has 3 aromatic rings. The van der Waals surface area contributed by atoms with Crippen LogP contribution >= 0.6 is 15.9 Å². The summed E-state index contributed by atoms with van der Waals surface area (Å²) in [5, 5.41) is 12.4. The molecule has 1 aromatic carbocycles. The molecule has 3 heterocycles. The van der Waals surface area contributed by atoms with Gasteiger partial charge in [0.15, 0.2) is 11.6 Å². The number of halogens is 1. The summed E-state index contributed by atoms with van der Waals surface area (Å²) in [5.41, 5.74) is 1.15. The molecule has 1 saturated heterocycles. The molecule has 2 aromatic heterocycles. The molecule has 1 aliphatic rings. The van der Waals surface area contributed by atoms with Crippen LogP contribution in [0.15, 0.2) is 51.6 Å². The minimum atomic E-state index is 0.427. The van der Waals surface area contributed by atoms with Gasteiger partial charge in [0.25, 0.3) is 0 Å². The van der Waals surface area contributed by atoms with Gasteiger partial charge in [-0.1, -0.05) is 33.2 Å². The smallest absolute Gasteiger partial charge is 0.231 e. The van der Waals surface area contributed by atoms with Crippen molar-refractivity contribution in [3.05, 3.63) is 64.3 Å². The second kappa shape index (κ2) is 8.79. The molecule has 4 rings (SSSR count). The maximum absolute atomic E-state index is 5.43. The second-order valence-corrected chi connectivity index (χ2v) is 8.09. The molecule has 8 heteroatoms. The highest BCUT2D eigenvalue weighted by atomic mass is 79.9. The zero-order valence-electron chi connectivity index (χ0n) is 15.8. The Kier molecular flexibility index (Phi) is 5.97. The third-order valence-electron chi connectivity index (χ3n) is 4.94. The van der Waals surface area contributed by atoms with E-state index >= 15 is 0 Å². The minimum absolute atomic E-state index is 0.427. The Morgan fingerprint density at radius 1 is 1.25 bits per heavy atom. The summed E-state index contributed by atoms with van der Waals surface area (Å²) in [4.78, 5) is 9.14. The topological polar surface area (TPSA) is 71.2 Å². The summed E-state index contributed by atoms with van der Waals surface area (Å²) in [5.74, 6) is 2.32. The lowest BCUT2D eigenvalue weighted by atomic mass is 10.1. The van der Waals surface area contributed by atoms with E-state index in [0.29, 0.717) is 24.9 Å². The molecule has 0 radical (unpaired) electrons. The fraction of sp³-hybridized carbons (Fsp3) is 0.400. The van der Waals surface area contributed by atoms with E-state index in [2.05, 4.69) is 65.2 Å². The maximum Gasteiger partial charge on any atom is 0.231 e. The average Bonchev–Trinajstić information content (AvgIpc) is 3.34. The van der Waals surface area contributed by atoms with Crippen LogP contribution in [0.2, 0.25) is 0 Å². The highest BCUT2D eigenvalue weighted by Gasteiger charge is 2.27. The van der Waals surface area contributed by atoms with Gasteiger partial charge in [0.05, 0.1) is 13.0 Å². The third-order valence-corrected chi connectivity index (χ3v) is 5.47. The molecular formula is C20H23BrN6O. The van der Waals surface area contributed by atoms with Gasteiger partial charge in [-0.15, -0.1) is 5.10 Å². The Balaban J connectivity index is 1.33. The molecule has 0 saturated carbocycles. The van der Waals surface area contributed by atoms with E-state index in [1.165, 1.54) is 6.42 Å². The van der Waals surface area contributed by atoms with Crippen molar-refractivity contribution in [2.75, 3.05) is 25.0 Å². The number of likely N-dealkylation sites (N-methyl/N-ethyl adjacent to an activating group) is 1. The fourth-order valence-electron chi connectivity index (χ4n) is 3.64. The third kappa shape index (κ3) is 4.74. The summed E-state index contributed by atoms with van der Waals surface area (Å²) < 4.78 is 6.49. The molecule has 0 amide bonds. The van der Waals surface area contributed by atoms with Gasteiger partial charge in [0, 0.05) is 29.8 Å². The predicted octanol–water partition coefficient (Wildman–Crippen LogP) is 3.31. The molecule has 7 nitrogen and oxygen atoms in total. The van der Waals surface area contributed by atoms with E-state index < -0.39 is 0 Å². The van der Waals surface area contributed by atoms with Crippen molar-refractivity contribution in [3.63, 3.8) is 0 Å². The Labute approximate surface area is 172 Å². The number of nitrogens with zero attached hydrogens (tertiary/aromatic N) is 6. The largest absolute Gasteiger partial charge is 0.351 e. The highest BCUT2D eigenvalue weighted by molar-refractivity contribution is 9.10. The lowest BCUT2D eigenvalue weighted by Crippen LogP contribution is -2.39. The Bertz CT molecular complexity index is 885. The quantitative estimate of drug-likeness (QED) is 0.555. The van der Waals surface area contributed by atoms with E-state index in [-0.39, 0.29) is 0 Å². The van der Waals surface area contributed by atoms with E-state index in [9.17, 15) is 0 Å². The Morgan fingerprint density at radius 3 is 2.89 bits per heavy atom. The van der Waals surface area contributed by atoms with Crippen LogP contribution in [0.4, 0.5) is 5.82 Å². The molecule has 1 unspecified atom stereocenters. The second-order valence-electron chi connectivity index (χ2n) is 7.18. The van der Waals surface area contributed by atoms with Gasteiger partial charge in [-0.05, 0) is 49.7 Å². The standard InChI is InChI=1S/C20H23BrN6O/c1-26(13-17-4-3-11-27(17)19-5-2-10-22-24-19)14-18-23-20(28-25-18)12-15-6-8-16(21)9-7-15/h2,5-10,17H,3-4,11-14H2,1H3. The Hall–Kier alpha value is -2.32. The Morgan fingerprint density at radius 2 is 2.11 bits per heavy atom. The molecule has 1 aliphatic heterocycles. The van der Waals surface area contributed by atoms with E-state index in [4.69, 9.17) is 4.52 Å². The summed E-state index contributed by atoms with van der Waals surface area (Å²) in [6.45, 7) is 2.61. The van der Waals surface area contributed by atoms with Crippen molar-refractivity contribution in [2.45, 2.75) is 31.8 Å². The first-order valence-electron chi connectivity index (χ1n) is 9.46. The van der Waals surface area contributed by atoms with E-state index in [1.807, 2.05) is 24.3 Å². The number of hydrogen-bond donors (Lipinski definition) is 0. The zero-order chi connectivity index (χ0) is 19.3. The number of anilines is 1. The van der Waals surface area contributed by atoms with Crippen molar-refractivity contribution >= 4 is 21.7 Å². The van der Waals surface area contributed by atoms with Crippen LogP contribution < -0.4 is 4.90 Å². The first kappa shape index (κ1) is 19.0. The molecule has 0 bridgehead atoms. The first-order valence-corrected chi connectivity index (χ1v) is 10.3. The molecule has 146 valence electrons. The van der Waals surface area contributed by atoms with Gasteiger partial charge in [0.1, 0.15) is 0 Å². The normalized spacial score (nSPS) is 16.8. The van der Waals surface area contributed by atoms with Crippen LogP contribution in [0, 0.1) is 0 Å². The van der Waals surface area contributed by atoms with Crippen LogP contribution in [0.3, 0.4) is 0 Å². The first-order chi connectivity index (χ1) is 13.7. The monoisotopic (exact) mass is 442 g/mol. The molecule has 0 aliphatic carbocycles. The van der Waals surface area contributed by atoms with Gasteiger partial charge in [-0.3, -0.25) is 4.90 Å². The van der Waals surface area contributed by atoms with Gasteiger partial charge < -0.3 is 9.42 Å². The molecule has 0 spiro atoms. The zero-order valence-corrected chi connectivity index (χ0v) is 17.4. The SMILES string of the molecule is CN(Cc1noc(Cc2ccc(Br)cc2)n1)CC1CCCN1c1cccnn1. The lowest BCUT2D eigenvalue weighted by Gasteiger charge is -2.28. The van der Waals surface area contributed by atoms with Crippen LogP contribution in [0.5, 0.6) is 0 Å². The molecule has 28 heavy (non-hydrogen) atoms. The van der Waals surface area contributed by atoms with Crippen molar-refractivity contribution in [1.82, 2.24) is 25.2 Å². The summed E-state index contributed by atoms with van der Waals surface area (Å²) in [6, 6.07) is 12.5. The number of benzene rings is 1. The van der Waals surface area contributed by atoms with Gasteiger partial charge in [-0.25, -0.2) is 0 Å². The van der Waals surface area contributed by atoms with Gasteiger partial charge in [-0.2, -0.15) is 10.1 Å².